The van der Waals surface area contributed by atoms with Crippen molar-refractivity contribution in [3.05, 3.63) is 99.9 Å². The van der Waals surface area contributed by atoms with Crippen LogP contribution in [-0.2, 0) is 0 Å². The van der Waals surface area contributed by atoms with Gasteiger partial charge in [-0.15, -0.1) is 0 Å². The number of anilines is 1. The van der Waals surface area contributed by atoms with Gasteiger partial charge in [-0.25, -0.2) is 0 Å². The lowest BCUT2D eigenvalue weighted by atomic mass is 10.1. The Morgan fingerprint density at radius 3 is 2.48 bits per heavy atom. The van der Waals surface area contributed by atoms with Crippen LogP contribution >= 0.6 is 12.2 Å². The number of nitrogens with one attached hydrogen (secondary N) is 1. The van der Waals surface area contributed by atoms with Gasteiger partial charge in [0.15, 0.2) is 23.1 Å². The van der Waals surface area contributed by atoms with Crippen molar-refractivity contribution in [3.63, 3.8) is 0 Å². The summed E-state index contributed by atoms with van der Waals surface area (Å²) in [6.45, 7) is 3.95. The van der Waals surface area contributed by atoms with Crippen LogP contribution in [0.1, 0.15) is 16.7 Å². The number of aliphatic hydroxyl groups excluding tert-OH is 1. The number of hydrogen-bond donors (Lipinski definition) is 2. The lowest BCUT2D eigenvalue weighted by molar-refractivity contribution is -0.575. The molecule has 0 radical (unpaired) electrons. The van der Waals surface area contributed by atoms with Crippen LogP contribution in [0, 0.1) is 24.0 Å². The Morgan fingerprint density at radius 1 is 1.07 bits per heavy atom. The maximum absolute atomic E-state index is 11.1. The zero-order chi connectivity index (χ0) is 21.0. The van der Waals surface area contributed by atoms with Gasteiger partial charge in [-0.1, -0.05) is 42.5 Å². The van der Waals surface area contributed by atoms with Gasteiger partial charge >= 0.3 is 0 Å². The average Bonchev–Trinajstić information content (AvgIpc) is 2.71. The van der Waals surface area contributed by atoms with Crippen molar-refractivity contribution in [3.8, 4) is 0 Å². The molecule has 0 aliphatic carbocycles. The summed E-state index contributed by atoms with van der Waals surface area (Å²) in [5, 5.41) is 25.3. The van der Waals surface area contributed by atoms with Crippen LogP contribution in [0.25, 0.3) is 11.5 Å². The average molecular weight is 406 g/mol. The van der Waals surface area contributed by atoms with E-state index in [1.54, 1.807) is 35.2 Å². The standard InChI is InChI=1S/C22H19N3O3S/c1-15-9-10-16(2)19(13-15)23-22(29)20(24-11-4-3-5-12-24)21(26)17-7-6-8-18(14-17)25(27)28/h3-14H,1-2H3,(H-,23,26,29)/p+1. The zero-order valence-corrected chi connectivity index (χ0v) is 16.8. The highest BCUT2D eigenvalue weighted by Crippen LogP contribution is 2.24. The molecule has 3 aromatic rings. The Kier molecular flexibility index (Phi) is 5.99. The van der Waals surface area contributed by atoms with Crippen molar-refractivity contribution < 1.29 is 14.6 Å². The van der Waals surface area contributed by atoms with Crippen LogP contribution in [0.15, 0.2) is 73.1 Å². The van der Waals surface area contributed by atoms with Gasteiger partial charge in [0.1, 0.15) is 0 Å². The van der Waals surface area contributed by atoms with Gasteiger partial charge in [0.2, 0.25) is 0 Å². The minimum Gasteiger partial charge on any atom is -0.502 e. The summed E-state index contributed by atoms with van der Waals surface area (Å²) in [4.78, 5) is 10.9. The van der Waals surface area contributed by atoms with Crippen LogP contribution in [0.4, 0.5) is 11.4 Å². The molecule has 0 atom stereocenters. The van der Waals surface area contributed by atoms with Gasteiger partial charge in [-0.05, 0) is 31.0 Å². The third-order valence-electron chi connectivity index (χ3n) is 4.38. The minimum atomic E-state index is -0.501. The maximum atomic E-state index is 11.1. The van der Waals surface area contributed by atoms with E-state index in [2.05, 4.69) is 5.32 Å². The smallest absolute Gasteiger partial charge is 0.288 e. The fraction of sp³-hybridized carbons (Fsp3) is 0.0909. The van der Waals surface area contributed by atoms with Crippen LogP contribution in [0.3, 0.4) is 0 Å². The number of benzene rings is 2. The summed E-state index contributed by atoms with van der Waals surface area (Å²) >= 11 is 5.62. The summed E-state index contributed by atoms with van der Waals surface area (Å²) in [6.07, 6.45) is 3.50. The number of hydrogen-bond acceptors (Lipinski definition) is 4. The van der Waals surface area contributed by atoms with Crippen LogP contribution in [0.5, 0.6) is 0 Å². The number of nitro benzene ring substituents is 1. The van der Waals surface area contributed by atoms with E-state index in [1.807, 2.05) is 38.1 Å². The predicted octanol–water partition coefficient (Wildman–Crippen LogP) is 4.82. The number of non-ortho nitro benzene ring substituents is 1. The van der Waals surface area contributed by atoms with Gasteiger partial charge in [0.05, 0.1) is 4.92 Å². The number of nitrogens with zero attached hydrogens (tertiary/aromatic N) is 2. The molecule has 0 saturated carbocycles. The molecule has 3 rings (SSSR count). The first-order valence-electron chi connectivity index (χ1n) is 8.90. The van der Waals surface area contributed by atoms with Crippen LogP contribution < -0.4 is 9.88 Å². The second kappa shape index (κ2) is 8.62. The maximum Gasteiger partial charge on any atom is 0.288 e. The molecule has 6 nitrogen and oxygen atoms in total. The normalized spacial score (nSPS) is 11.5. The topological polar surface area (TPSA) is 79.3 Å². The Hall–Kier alpha value is -3.58. The Morgan fingerprint density at radius 2 is 1.79 bits per heavy atom. The second-order valence-electron chi connectivity index (χ2n) is 6.56. The molecular weight excluding hydrogens is 386 g/mol. The lowest BCUT2D eigenvalue weighted by Crippen LogP contribution is -2.38. The monoisotopic (exact) mass is 406 g/mol. The molecule has 0 spiro atoms. The lowest BCUT2D eigenvalue weighted by Gasteiger charge is -2.12. The molecule has 0 amide bonds. The largest absolute Gasteiger partial charge is 0.502 e. The summed E-state index contributed by atoms with van der Waals surface area (Å²) in [6, 6.07) is 17.2. The molecular formula is C22H20N3O3S+. The number of aryl methyl sites for hydroxylation is 2. The van der Waals surface area contributed by atoms with Crippen molar-refractivity contribution in [2.45, 2.75) is 13.8 Å². The van der Waals surface area contributed by atoms with E-state index in [-0.39, 0.29) is 11.4 Å². The highest BCUT2D eigenvalue weighted by molar-refractivity contribution is 7.81. The molecule has 7 heteroatoms. The zero-order valence-electron chi connectivity index (χ0n) is 16.0. The van der Waals surface area contributed by atoms with E-state index in [4.69, 9.17) is 12.2 Å². The van der Waals surface area contributed by atoms with E-state index >= 15 is 0 Å². The number of thiocarbonyl (C=S) groups is 1. The van der Waals surface area contributed by atoms with E-state index in [0.29, 0.717) is 16.2 Å². The van der Waals surface area contributed by atoms with Gasteiger partial charge in [-0.2, -0.15) is 4.57 Å². The van der Waals surface area contributed by atoms with Crippen molar-refractivity contribution >= 4 is 40.0 Å². The molecule has 0 saturated heterocycles. The van der Waals surface area contributed by atoms with Crippen molar-refractivity contribution in [1.82, 2.24) is 0 Å². The third-order valence-corrected chi connectivity index (χ3v) is 4.68. The molecule has 2 aromatic carbocycles. The van der Waals surface area contributed by atoms with Crippen LogP contribution in [0.2, 0.25) is 0 Å². The predicted molar refractivity (Wildman–Crippen MR) is 118 cm³/mol. The Balaban J connectivity index is 2.11. The molecule has 2 N–H and O–H groups in total. The third kappa shape index (κ3) is 4.64. The molecule has 29 heavy (non-hydrogen) atoms. The number of pyridine rings is 1. The van der Waals surface area contributed by atoms with Gasteiger partial charge in [-0.3, -0.25) is 10.1 Å². The highest BCUT2D eigenvalue weighted by atomic mass is 32.1. The molecule has 0 bridgehead atoms. The van der Waals surface area contributed by atoms with E-state index in [0.717, 1.165) is 16.8 Å². The fourth-order valence-corrected chi connectivity index (χ4v) is 3.16. The number of aliphatic hydroxyl groups is 1. The molecule has 0 fully saturated rings. The van der Waals surface area contributed by atoms with Gasteiger partial charge in [0, 0.05) is 35.5 Å². The SMILES string of the molecule is Cc1ccc(C)c(NC(=S)C(=C(O)c2cccc([N+](=O)[O-])c2)[n+]2ccccc2)c1. The van der Waals surface area contributed by atoms with Crippen molar-refractivity contribution in [2.75, 3.05) is 5.32 Å². The van der Waals surface area contributed by atoms with Crippen molar-refractivity contribution in [1.29, 1.82) is 0 Å². The first-order chi connectivity index (χ1) is 13.9. The summed E-state index contributed by atoms with van der Waals surface area (Å²) in [5.74, 6) is -0.160. The molecule has 0 unspecified atom stereocenters. The summed E-state index contributed by atoms with van der Waals surface area (Å²) < 4.78 is 1.68. The fourth-order valence-electron chi connectivity index (χ4n) is 2.85. The van der Waals surface area contributed by atoms with Gasteiger partial charge < -0.3 is 10.4 Å². The number of aromatic nitrogens is 1. The highest BCUT2D eigenvalue weighted by Gasteiger charge is 2.25. The molecule has 1 heterocycles. The quantitative estimate of drug-likeness (QED) is 0.159. The van der Waals surface area contributed by atoms with Crippen molar-refractivity contribution in [2.24, 2.45) is 0 Å². The Labute approximate surface area is 173 Å². The van der Waals surface area contributed by atoms with Gasteiger partial charge in [0.25, 0.3) is 11.4 Å². The summed E-state index contributed by atoms with van der Waals surface area (Å²) in [7, 11) is 0. The molecule has 0 aliphatic rings. The van der Waals surface area contributed by atoms with E-state index in [9.17, 15) is 15.2 Å². The molecule has 1 aromatic heterocycles. The molecule has 0 aliphatic heterocycles. The number of rotatable bonds is 5. The van der Waals surface area contributed by atoms with E-state index < -0.39 is 4.92 Å². The summed E-state index contributed by atoms with van der Waals surface area (Å²) in [5.41, 5.74) is 3.42. The number of nitro groups is 1. The second-order valence-corrected chi connectivity index (χ2v) is 6.97. The van der Waals surface area contributed by atoms with E-state index in [1.165, 1.54) is 18.2 Å². The molecule has 146 valence electrons. The Bertz CT molecular complexity index is 1110. The first-order valence-corrected chi connectivity index (χ1v) is 9.31. The first kappa shape index (κ1) is 20.2. The minimum absolute atomic E-state index is 0.111. The van der Waals surface area contributed by atoms with Crippen LogP contribution in [-0.4, -0.2) is 15.0 Å².